The second-order valence-electron chi connectivity index (χ2n) is 5.08. The van der Waals surface area contributed by atoms with Gasteiger partial charge < -0.3 is 15.6 Å². The number of aromatic nitrogens is 1. The van der Waals surface area contributed by atoms with Gasteiger partial charge in [-0.25, -0.2) is 0 Å². The Hall–Kier alpha value is -2.56. The Bertz CT molecular complexity index is 669. The van der Waals surface area contributed by atoms with Crippen LogP contribution in [0.2, 0.25) is 0 Å². The summed E-state index contributed by atoms with van der Waals surface area (Å²) < 4.78 is 1.69. The molecule has 0 aliphatic heterocycles. The lowest BCUT2D eigenvalue weighted by atomic mass is 10.0. The van der Waals surface area contributed by atoms with Crippen LogP contribution in [0.5, 0.6) is 0 Å². The van der Waals surface area contributed by atoms with Crippen molar-refractivity contribution >= 4 is 17.3 Å². The first kappa shape index (κ1) is 13.9. The third kappa shape index (κ3) is 2.88. The van der Waals surface area contributed by atoms with E-state index in [2.05, 4.69) is 5.32 Å². The maximum Gasteiger partial charge on any atom is 0.250 e. The summed E-state index contributed by atoms with van der Waals surface area (Å²) in [5, 5.41) is 2.82. The third-order valence-corrected chi connectivity index (χ3v) is 3.14. The topological polar surface area (TPSA) is 77.1 Å². The van der Waals surface area contributed by atoms with Crippen molar-refractivity contribution < 1.29 is 4.79 Å². The number of nitrogens with one attached hydrogen (secondary N) is 1. The molecule has 0 saturated heterocycles. The molecule has 0 atom stereocenters. The molecule has 0 unspecified atom stereocenters. The minimum atomic E-state index is -0.821. The van der Waals surface area contributed by atoms with Gasteiger partial charge in [-0.2, -0.15) is 0 Å². The normalized spacial score (nSPS) is 11.1. The Morgan fingerprint density at radius 1 is 1.20 bits per heavy atom. The molecule has 1 amide bonds. The number of carbonyl (C=O) groups excluding carboxylic acids is 1. The van der Waals surface area contributed by atoms with Crippen LogP contribution in [-0.4, -0.2) is 10.5 Å². The van der Waals surface area contributed by atoms with Gasteiger partial charge in [0, 0.05) is 35.9 Å². The van der Waals surface area contributed by atoms with Crippen LogP contribution >= 0.6 is 0 Å². The molecule has 0 bridgehead atoms. The number of amides is 1. The van der Waals surface area contributed by atoms with E-state index in [-0.39, 0.29) is 11.3 Å². The molecule has 0 aliphatic carbocycles. The molecule has 0 aliphatic rings. The molecule has 5 nitrogen and oxygen atoms in total. The van der Waals surface area contributed by atoms with E-state index in [0.29, 0.717) is 11.4 Å². The van der Waals surface area contributed by atoms with Crippen LogP contribution in [0.25, 0.3) is 0 Å². The maximum atomic E-state index is 12.4. The molecule has 104 valence electrons. The summed E-state index contributed by atoms with van der Waals surface area (Å²) in [5.74, 6) is -0.188. The fraction of sp³-hybridized carbons (Fsp3) is 0.200. The molecular formula is C15H17N3O2. The number of nitrogens with two attached hydrogens (primary N) is 1. The van der Waals surface area contributed by atoms with Crippen LogP contribution in [0.1, 0.15) is 13.8 Å². The molecule has 3 N–H and O–H groups in total. The highest BCUT2D eigenvalue weighted by Gasteiger charge is 2.28. The fourth-order valence-corrected chi connectivity index (χ4v) is 1.80. The Balaban J connectivity index is 2.23. The van der Waals surface area contributed by atoms with Crippen LogP contribution < -0.4 is 16.5 Å². The van der Waals surface area contributed by atoms with Crippen molar-refractivity contribution in [1.82, 2.24) is 4.57 Å². The number of anilines is 2. The number of carbonyl (C=O) groups is 1. The first-order valence-corrected chi connectivity index (χ1v) is 6.25. The largest absolute Gasteiger partial charge is 0.399 e. The van der Waals surface area contributed by atoms with Crippen molar-refractivity contribution in [1.29, 1.82) is 0 Å². The molecule has 0 spiro atoms. The van der Waals surface area contributed by atoms with Crippen LogP contribution in [0.15, 0.2) is 53.6 Å². The molecule has 2 rings (SSSR count). The summed E-state index contributed by atoms with van der Waals surface area (Å²) in [6.07, 6.45) is 3.20. The Morgan fingerprint density at radius 2 is 1.85 bits per heavy atom. The monoisotopic (exact) mass is 271 g/mol. The van der Waals surface area contributed by atoms with E-state index in [4.69, 9.17) is 5.73 Å². The van der Waals surface area contributed by atoms with Gasteiger partial charge in [0.1, 0.15) is 5.54 Å². The highest BCUT2D eigenvalue weighted by Crippen LogP contribution is 2.19. The lowest BCUT2D eigenvalue weighted by Crippen LogP contribution is -2.40. The SMILES string of the molecule is CC(C)(C(=O)Nc1cccc(N)c1)n1ccc(=O)cc1. The van der Waals surface area contributed by atoms with E-state index in [1.807, 2.05) is 0 Å². The average molecular weight is 271 g/mol. The van der Waals surface area contributed by atoms with Crippen molar-refractivity contribution in [2.24, 2.45) is 0 Å². The van der Waals surface area contributed by atoms with Crippen molar-refractivity contribution in [3.8, 4) is 0 Å². The molecule has 1 heterocycles. The highest BCUT2D eigenvalue weighted by atomic mass is 16.2. The number of pyridine rings is 1. The number of benzene rings is 1. The molecule has 20 heavy (non-hydrogen) atoms. The minimum Gasteiger partial charge on any atom is -0.399 e. The first-order chi connectivity index (χ1) is 9.39. The van der Waals surface area contributed by atoms with Crippen LogP contribution in [-0.2, 0) is 10.3 Å². The van der Waals surface area contributed by atoms with Gasteiger partial charge in [0.05, 0.1) is 0 Å². The Labute approximate surface area is 117 Å². The lowest BCUT2D eigenvalue weighted by molar-refractivity contribution is -0.123. The number of nitrogens with zero attached hydrogens (tertiary/aromatic N) is 1. The van der Waals surface area contributed by atoms with Crippen molar-refractivity contribution in [2.75, 3.05) is 11.1 Å². The number of hydrogen-bond donors (Lipinski definition) is 2. The van der Waals surface area contributed by atoms with E-state index >= 15 is 0 Å². The van der Waals surface area contributed by atoms with Gasteiger partial charge in [-0.3, -0.25) is 9.59 Å². The van der Waals surface area contributed by atoms with E-state index in [1.54, 1.807) is 55.1 Å². The molecule has 2 aromatic rings. The van der Waals surface area contributed by atoms with E-state index in [0.717, 1.165) is 0 Å². The molecule has 0 fully saturated rings. The summed E-state index contributed by atoms with van der Waals surface area (Å²) in [6.45, 7) is 3.55. The number of nitrogen functional groups attached to an aromatic ring is 1. The van der Waals surface area contributed by atoms with Crippen LogP contribution in [0.4, 0.5) is 11.4 Å². The highest BCUT2D eigenvalue weighted by molar-refractivity contribution is 5.96. The molecule has 0 saturated carbocycles. The van der Waals surface area contributed by atoms with Crippen molar-refractivity contribution in [3.63, 3.8) is 0 Å². The van der Waals surface area contributed by atoms with Gasteiger partial charge in [0.25, 0.3) is 0 Å². The standard InChI is InChI=1S/C15H17N3O2/c1-15(2,18-8-6-13(19)7-9-18)14(20)17-12-5-3-4-11(16)10-12/h3-10H,16H2,1-2H3,(H,17,20). The number of hydrogen-bond acceptors (Lipinski definition) is 3. The van der Waals surface area contributed by atoms with Gasteiger partial charge in [-0.05, 0) is 32.0 Å². The van der Waals surface area contributed by atoms with Crippen LogP contribution in [0.3, 0.4) is 0 Å². The van der Waals surface area contributed by atoms with Gasteiger partial charge in [0.2, 0.25) is 5.91 Å². The fourth-order valence-electron chi connectivity index (χ4n) is 1.80. The summed E-state index contributed by atoms with van der Waals surface area (Å²) in [6, 6.07) is 9.85. The minimum absolute atomic E-state index is 0.0895. The molecule has 1 aromatic heterocycles. The van der Waals surface area contributed by atoms with E-state index in [9.17, 15) is 9.59 Å². The zero-order chi connectivity index (χ0) is 14.8. The van der Waals surface area contributed by atoms with Gasteiger partial charge >= 0.3 is 0 Å². The zero-order valence-corrected chi connectivity index (χ0v) is 11.5. The summed E-state index contributed by atoms with van der Waals surface area (Å²) in [4.78, 5) is 23.5. The number of rotatable bonds is 3. The van der Waals surface area contributed by atoms with Crippen LogP contribution in [0, 0.1) is 0 Å². The summed E-state index contributed by atoms with van der Waals surface area (Å²) >= 11 is 0. The third-order valence-electron chi connectivity index (χ3n) is 3.14. The summed E-state index contributed by atoms with van der Waals surface area (Å²) in [7, 11) is 0. The average Bonchev–Trinajstić information content (AvgIpc) is 2.39. The molecular weight excluding hydrogens is 254 g/mol. The predicted octanol–water partition coefficient (Wildman–Crippen LogP) is 1.80. The van der Waals surface area contributed by atoms with Gasteiger partial charge in [-0.15, -0.1) is 0 Å². The lowest BCUT2D eigenvalue weighted by Gasteiger charge is -2.27. The second kappa shape index (κ2) is 5.21. The van der Waals surface area contributed by atoms with Crippen molar-refractivity contribution in [2.45, 2.75) is 19.4 Å². The Morgan fingerprint density at radius 3 is 2.45 bits per heavy atom. The maximum absolute atomic E-state index is 12.4. The summed E-state index contributed by atoms with van der Waals surface area (Å²) in [5.41, 5.74) is 6.00. The van der Waals surface area contributed by atoms with E-state index in [1.165, 1.54) is 12.1 Å². The molecule has 5 heteroatoms. The predicted molar refractivity (Wildman–Crippen MR) is 79.5 cm³/mol. The van der Waals surface area contributed by atoms with Crippen molar-refractivity contribution in [3.05, 3.63) is 59.0 Å². The molecule has 0 radical (unpaired) electrons. The van der Waals surface area contributed by atoms with Gasteiger partial charge in [0.15, 0.2) is 5.43 Å². The van der Waals surface area contributed by atoms with E-state index < -0.39 is 5.54 Å². The second-order valence-corrected chi connectivity index (χ2v) is 5.08. The first-order valence-electron chi connectivity index (χ1n) is 6.25. The molecule has 1 aromatic carbocycles. The van der Waals surface area contributed by atoms with Gasteiger partial charge in [-0.1, -0.05) is 6.07 Å². The zero-order valence-electron chi connectivity index (χ0n) is 11.5. The smallest absolute Gasteiger partial charge is 0.250 e. The quantitative estimate of drug-likeness (QED) is 0.836. The Kier molecular flexibility index (Phi) is 3.61.